The van der Waals surface area contributed by atoms with E-state index >= 15 is 0 Å². The Bertz CT molecular complexity index is 1430. The number of nitrogens with zero attached hydrogens (tertiary/aromatic N) is 4. The number of nitrogens with one attached hydrogen (secondary N) is 1. The molecular weight excluding hydrogens is 530 g/mol. The van der Waals surface area contributed by atoms with Gasteiger partial charge in [0.1, 0.15) is 22.7 Å². The Morgan fingerprint density at radius 2 is 2.00 bits per heavy atom. The summed E-state index contributed by atoms with van der Waals surface area (Å²) < 4.78 is 36.4. The number of benzene rings is 1. The number of ether oxygens (including phenoxy) is 2. The molecule has 1 atom stereocenters. The summed E-state index contributed by atoms with van der Waals surface area (Å²) in [5.74, 6) is 0.0374. The molecule has 1 aromatic carbocycles. The van der Waals surface area contributed by atoms with Gasteiger partial charge < -0.3 is 19.2 Å². The summed E-state index contributed by atoms with van der Waals surface area (Å²) in [6.07, 6.45) is 3.39. The Balaban J connectivity index is 1.37. The molecule has 1 aliphatic heterocycles. The van der Waals surface area contributed by atoms with Crippen LogP contribution in [0, 0.1) is 0 Å². The van der Waals surface area contributed by atoms with Gasteiger partial charge in [-0.05, 0) is 39.1 Å². The van der Waals surface area contributed by atoms with Crippen LogP contribution in [0.4, 0.5) is 5.13 Å². The van der Waals surface area contributed by atoms with Gasteiger partial charge in [-0.2, -0.15) is 0 Å². The molecule has 11 nitrogen and oxygen atoms in total. The fourth-order valence-electron chi connectivity index (χ4n) is 3.80. The zero-order valence-electron chi connectivity index (χ0n) is 21.1. The lowest BCUT2D eigenvalue weighted by atomic mass is 10.1. The second-order valence-corrected chi connectivity index (χ2v) is 12.6. The van der Waals surface area contributed by atoms with Gasteiger partial charge in [-0.25, -0.2) is 18.4 Å². The van der Waals surface area contributed by atoms with E-state index < -0.39 is 15.7 Å². The van der Waals surface area contributed by atoms with Crippen LogP contribution in [-0.4, -0.2) is 86.7 Å². The molecule has 1 aliphatic carbocycles. The number of pyridine rings is 1. The minimum absolute atomic E-state index is 0.00180. The first-order valence-electron chi connectivity index (χ1n) is 12.3. The van der Waals surface area contributed by atoms with Crippen LogP contribution in [0.5, 0.6) is 5.75 Å². The number of thiazole rings is 1. The predicted octanol–water partition coefficient (Wildman–Crippen LogP) is 2.72. The van der Waals surface area contributed by atoms with Crippen molar-refractivity contribution >= 4 is 48.3 Å². The van der Waals surface area contributed by atoms with Crippen molar-refractivity contribution < 1.29 is 27.5 Å². The van der Waals surface area contributed by atoms with Gasteiger partial charge in [0.15, 0.2) is 26.8 Å². The fourth-order valence-corrected chi connectivity index (χ4v) is 6.28. The number of rotatable bonds is 11. The van der Waals surface area contributed by atoms with Crippen molar-refractivity contribution in [2.75, 3.05) is 45.8 Å². The lowest BCUT2D eigenvalue weighted by Crippen LogP contribution is -2.25. The van der Waals surface area contributed by atoms with E-state index in [9.17, 15) is 13.2 Å². The molecule has 2 aliphatic rings. The number of sulfone groups is 1. The third-order valence-electron chi connectivity index (χ3n) is 6.09. The maximum Gasteiger partial charge on any atom is 0.280 e. The van der Waals surface area contributed by atoms with Gasteiger partial charge in [0, 0.05) is 30.8 Å². The maximum absolute atomic E-state index is 13.4. The van der Waals surface area contributed by atoms with Crippen LogP contribution in [0.25, 0.3) is 10.3 Å². The smallest absolute Gasteiger partial charge is 0.280 e. The molecule has 2 fully saturated rings. The third kappa shape index (κ3) is 6.12. The van der Waals surface area contributed by atoms with Crippen LogP contribution in [0.2, 0.25) is 0 Å². The van der Waals surface area contributed by atoms with E-state index in [1.54, 1.807) is 24.4 Å². The van der Waals surface area contributed by atoms with Gasteiger partial charge in [0.2, 0.25) is 0 Å². The van der Waals surface area contributed by atoms with Crippen LogP contribution in [0.3, 0.4) is 0 Å². The number of aromatic nitrogens is 2. The monoisotopic (exact) mass is 559 g/mol. The van der Waals surface area contributed by atoms with E-state index in [-0.39, 0.29) is 22.0 Å². The number of oxime groups is 1. The van der Waals surface area contributed by atoms with E-state index in [2.05, 4.69) is 20.4 Å². The largest absolute Gasteiger partial charge is 0.490 e. The van der Waals surface area contributed by atoms with Gasteiger partial charge in [-0.1, -0.05) is 28.6 Å². The third-order valence-corrected chi connectivity index (χ3v) is 9.25. The van der Waals surface area contributed by atoms with Crippen LogP contribution in [0.15, 0.2) is 46.6 Å². The molecule has 3 aromatic rings. The number of hydrogen-bond acceptors (Lipinski definition) is 11. The van der Waals surface area contributed by atoms with Crippen LogP contribution >= 0.6 is 11.3 Å². The van der Waals surface area contributed by atoms with Crippen molar-refractivity contribution in [3.63, 3.8) is 0 Å². The maximum atomic E-state index is 13.4. The van der Waals surface area contributed by atoms with Crippen LogP contribution in [-0.2, 0) is 24.2 Å². The van der Waals surface area contributed by atoms with E-state index in [0.29, 0.717) is 65.9 Å². The highest BCUT2D eigenvalue weighted by Gasteiger charge is 2.36. The summed E-state index contributed by atoms with van der Waals surface area (Å²) in [4.78, 5) is 30.7. The van der Waals surface area contributed by atoms with E-state index in [4.69, 9.17) is 14.3 Å². The highest BCUT2D eigenvalue weighted by molar-refractivity contribution is 7.92. The number of anilines is 1. The van der Waals surface area contributed by atoms with Gasteiger partial charge in [0.25, 0.3) is 5.91 Å². The Morgan fingerprint density at radius 3 is 2.68 bits per heavy atom. The molecule has 1 saturated heterocycles. The lowest BCUT2D eigenvalue weighted by molar-refractivity contribution is -0.110. The summed E-state index contributed by atoms with van der Waals surface area (Å²) in [6.45, 7) is 2.17. The molecule has 38 heavy (non-hydrogen) atoms. The van der Waals surface area contributed by atoms with Crippen molar-refractivity contribution in [1.29, 1.82) is 0 Å². The highest BCUT2D eigenvalue weighted by Crippen LogP contribution is 2.34. The van der Waals surface area contributed by atoms with Crippen molar-refractivity contribution in [2.24, 2.45) is 5.16 Å². The molecule has 1 amide bonds. The summed E-state index contributed by atoms with van der Waals surface area (Å²) in [6, 6.07) is 7.88. The van der Waals surface area contributed by atoms with E-state index in [1.165, 1.54) is 23.5 Å². The van der Waals surface area contributed by atoms with E-state index in [1.807, 2.05) is 19.0 Å². The average Bonchev–Trinajstić information content (AvgIpc) is 3.48. The minimum atomic E-state index is -3.35. The second kappa shape index (κ2) is 11.3. The predicted molar refractivity (Wildman–Crippen MR) is 144 cm³/mol. The SMILES string of the molecule is CN(C)CCOc1ccnc2sc(NC(=O)C(=NO[C@@H]3CCOC3)c3ccc(S(=O)(=O)C4CC4)cc3)nc12. The van der Waals surface area contributed by atoms with Crippen LogP contribution in [0.1, 0.15) is 24.8 Å². The number of amides is 1. The van der Waals surface area contributed by atoms with Gasteiger partial charge in [-0.3, -0.25) is 10.1 Å². The Hall–Kier alpha value is -3.13. The summed E-state index contributed by atoms with van der Waals surface area (Å²) >= 11 is 1.21. The summed E-state index contributed by atoms with van der Waals surface area (Å²) in [5.41, 5.74) is 0.976. The zero-order chi connectivity index (χ0) is 26.7. The molecule has 13 heteroatoms. The van der Waals surface area contributed by atoms with Gasteiger partial charge >= 0.3 is 0 Å². The van der Waals surface area contributed by atoms with Crippen molar-refractivity contribution in [3.8, 4) is 5.75 Å². The number of hydrogen-bond donors (Lipinski definition) is 1. The second-order valence-electron chi connectivity index (χ2n) is 9.39. The minimum Gasteiger partial charge on any atom is -0.490 e. The molecule has 5 rings (SSSR count). The Kier molecular flexibility index (Phi) is 7.88. The molecule has 0 bridgehead atoms. The first kappa shape index (κ1) is 26.5. The van der Waals surface area contributed by atoms with Gasteiger partial charge in [-0.15, -0.1) is 0 Å². The normalized spacial score (nSPS) is 18.2. The number of likely N-dealkylation sites (N-methyl/N-ethyl adjacent to an activating group) is 1. The molecule has 0 spiro atoms. The summed E-state index contributed by atoms with van der Waals surface area (Å²) in [5, 5.41) is 6.94. The fraction of sp³-hybridized carbons (Fsp3) is 0.440. The number of carbonyl (C=O) groups excluding carboxylic acids is 1. The zero-order valence-corrected chi connectivity index (χ0v) is 22.8. The summed E-state index contributed by atoms with van der Waals surface area (Å²) in [7, 11) is 0.574. The quantitative estimate of drug-likeness (QED) is 0.278. The average molecular weight is 560 g/mol. The number of carbonyl (C=O) groups is 1. The topological polar surface area (TPSA) is 132 Å². The molecule has 0 unspecified atom stereocenters. The molecule has 1 saturated carbocycles. The molecule has 3 heterocycles. The van der Waals surface area contributed by atoms with E-state index in [0.717, 1.165) is 6.54 Å². The lowest BCUT2D eigenvalue weighted by Gasteiger charge is -2.11. The van der Waals surface area contributed by atoms with Crippen LogP contribution < -0.4 is 10.1 Å². The molecule has 2 aromatic heterocycles. The molecular formula is C25H29N5O6S2. The molecule has 1 N–H and O–H groups in total. The van der Waals surface area contributed by atoms with Crippen molar-refractivity contribution in [3.05, 3.63) is 42.1 Å². The standard InChI is InChI=1S/C25H29N5O6S2/c1-30(2)12-14-35-20-9-11-26-24-22(20)27-25(37-24)28-23(31)21(29-36-17-10-13-34-15-17)16-3-5-18(6-4-16)38(32,33)19-7-8-19/h3-6,9,11,17,19H,7-8,10,12-15H2,1-2H3,(H,27,28,31)/t17-/m1/s1. The Morgan fingerprint density at radius 1 is 1.21 bits per heavy atom. The van der Waals surface area contributed by atoms with Crippen molar-refractivity contribution in [2.45, 2.75) is 35.5 Å². The first-order valence-corrected chi connectivity index (χ1v) is 14.7. The number of fused-ring (bicyclic) bond motifs is 1. The van der Waals surface area contributed by atoms with Gasteiger partial charge in [0.05, 0.1) is 23.4 Å². The highest BCUT2D eigenvalue weighted by atomic mass is 32.2. The molecule has 0 radical (unpaired) electrons. The molecule has 202 valence electrons. The Labute approximate surface area is 224 Å². The first-order chi connectivity index (χ1) is 18.3. The van der Waals surface area contributed by atoms with Crippen molar-refractivity contribution in [1.82, 2.24) is 14.9 Å².